The highest BCUT2D eigenvalue weighted by Gasteiger charge is 2.15. The minimum Gasteiger partial charge on any atom is -0.384 e. The Hall–Kier alpha value is -2.28. The molecule has 0 aliphatic rings. The van der Waals surface area contributed by atoms with Gasteiger partial charge >= 0.3 is 0 Å². The van der Waals surface area contributed by atoms with Crippen molar-refractivity contribution in [3.05, 3.63) is 46.4 Å². The lowest BCUT2D eigenvalue weighted by atomic mass is 10.1. The zero-order valence-corrected chi connectivity index (χ0v) is 10.9. The third kappa shape index (κ3) is 1.84. The van der Waals surface area contributed by atoms with Gasteiger partial charge in [-0.25, -0.2) is 0 Å². The maximum Gasteiger partial charge on any atom is 0.122 e. The molecule has 0 unspecified atom stereocenters. The molecule has 92 valence electrons. The van der Waals surface area contributed by atoms with E-state index < -0.39 is 0 Å². The summed E-state index contributed by atoms with van der Waals surface area (Å²) in [4.78, 5) is 4.08. The summed E-state index contributed by atoms with van der Waals surface area (Å²) in [6, 6.07) is 4.15. The van der Waals surface area contributed by atoms with Crippen LogP contribution in [0.4, 0.5) is 5.82 Å². The topological polar surface area (TPSA) is 67.6 Å². The van der Waals surface area contributed by atoms with Crippen molar-refractivity contribution in [3.8, 4) is 6.07 Å². The number of aromatic nitrogens is 2. The van der Waals surface area contributed by atoms with Gasteiger partial charge in [0.25, 0.3) is 0 Å². The molecule has 2 rings (SSSR count). The number of aryl methyl sites for hydroxylation is 1. The lowest BCUT2D eigenvalue weighted by Crippen LogP contribution is -2.07. The summed E-state index contributed by atoms with van der Waals surface area (Å²) in [6.45, 7) is 6.62. The Balaban J connectivity index is 2.49. The maximum atomic E-state index is 9.10. The molecule has 0 radical (unpaired) electrons. The van der Waals surface area contributed by atoms with Crippen LogP contribution in [0.1, 0.15) is 27.9 Å². The van der Waals surface area contributed by atoms with E-state index in [1.54, 1.807) is 6.20 Å². The molecule has 2 aromatic rings. The van der Waals surface area contributed by atoms with Crippen molar-refractivity contribution < 1.29 is 0 Å². The van der Waals surface area contributed by atoms with Crippen molar-refractivity contribution in [1.82, 2.24) is 9.55 Å². The average Bonchev–Trinajstić information content (AvgIpc) is 2.56. The summed E-state index contributed by atoms with van der Waals surface area (Å²) < 4.78 is 1.98. The van der Waals surface area contributed by atoms with Crippen molar-refractivity contribution in [1.29, 1.82) is 5.26 Å². The molecule has 0 aromatic carbocycles. The molecular weight excluding hydrogens is 224 g/mol. The summed E-state index contributed by atoms with van der Waals surface area (Å²) in [6.07, 6.45) is 3.61. The summed E-state index contributed by atoms with van der Waals surface area (Å²) in [5.41, 5.74) is 10.9. The number of nitriles is 1. The van der Waals surface area contributed by atoms with Crippen LogP contribution in [-0.4, -0.2) is 9.55 Å². The Morgan fingerprint density at radius 2 is 2.11 bits per heavy atom. The first kappa shape index (κ1) is 12.2. The van der Waals surface area contributed by atoms with Gasteiger partial charge in [0.2, 0.25) is 0 Å². The smallest absolute Gasteiger partial charge is 0.122 e. The quantitative estimate of drug-likeness (QED) is 0.875. The lowest BCUT2D eigenvalue weighted by molar-refractivity contribution is 0.777. The van der Waals surface area contributed by atoms with E-state index in [2.05, 4.69) is 11.1 Å². The van der Waals surface area contributed by atoms with Gasteiger partial charge in [-0.15, -0.1) is 0 Å². The van der Waals surface area contributed by atoms with Crippen LogP contribution in [0.3, 0.4) is 0 Å². The highest BCUT2D eigenvalue weighted by molar-refractivity contribution is 5.58. The summed E-state index contributed by atoms with van der Waals surface area (Å²) in [7, 11) is 0. The van der Waals surface area contributed by atoms with Crippen molar-refractivity contribution >= 4 is 5.82 Å². The van der Waals surface area contributed by atoms with Crippen LogP contribution in [-0.2, 0) is 6.54 Å². The van der Waals surface area contributed by atoms with Crippen molar-refractivity contribution in [2.75, 3.05) is 5.73 Å². The van der Waals surface area contributed by atoms with Crippen LogP contribution in [0.2, 0.25) is 0 Å². The number of pyridine rings is 1. The number of nitrogens with zero attached hydrogens (tertiary/aromatic N) is 3. The van der Waals surface area contributed by atoms with Crippen LogP contribution in [0.5, 0.6) is 0 Å². The third-order valence-electron chi connectivity index (χ3n) is 3.45. The normalized spacial score (nSPS) is 10.3. The molecule has 2 aromatic heterocycles. The molecule has 0 saturated carbocycles. The Kier molecular flexibility index (Phi) is 3.07. The van der Waals surface area contributed by atoms with Gasteiger partial charge in [0.05, 0.1) is 5.56 Å². The Morgan fingerprint density at radius 1 is 1.39 bits per heavy atom. The maximum absolute atomic E-state index is 9.10. The fraction of sp³-hybridized carbons (Fsp3) is 0.286. The molecule has 0 saturated heterocycles. The number of anilines is 1. The third-order valence-corrected chi connectivity index (χ3v) is 3.45. The van der Waals surface area contributed by atoms with Crippen LogP contribution in [0.25, 0.3) is 0 Å². The SMILES string of the molecule is Cc1cnccc1Cn1c(C)c(C)c(C#N)c1N. The van der Waals surface area contributed by atoms with Gasteiger partial charge in [-0.05, 0) is 43.5 Å². The highest BCUT2D eigenvalue weighted by atomic mass is 15.1. The van der Waals surface area contributed by atoms with E-state index in [4.69, 9.17) is 11.0 Å². The molecule has 0 atom stereocenters. The van der Waals surface area contributed by atoms with Gasteiger partial charge in [0.1, 0.15) is 11.9 Å². The second kappa shape index (κ2) is 4.53. The molecule has 4 heteroatoms. The zero-order valence-electron chi connectivity index (χ0n) is 10.9. The van der Waals surface area contributed by atoms with Crippen LogP contribution in [0, 0.1) is 32.1 Å². The van der Waals surface area contributed by atoms with E-state index in [-0.39, 0.29) is 0 Å². The Labute approximate surface area is 107 Å². The number of nitrogens with two attached hydrogens (primary N) is 1. The summed E-state index contributed by atoms with van der Waals surface area (Å²) in [5.74, 6) is 0.545. The van der Waals surface area contributed by atoms with E-state index in [0.717, 1.165) is 16.8 Å². The Morgan fingerprint density at radius 3 is 2.67 bits per heavy atom. The second-order valence-electron chi connectivity index (χ2n) is 4.47. The van der Waals surface area contributed by atoms with E-state index in [0.29, 0.717) is 17.9 Å². The van der Waals surface area contributed by atoms with Gasteiger partial charge in [0.15, 0.2) is 0 Å². The van der Waals surface area contributed by atoms with Crippen LogP contribution in [0.15, 0.2) is 18.5 Å². The van der Waals surface area contributed by atoms with Gasteiger partial charge in [0, 0.05) is 24.6 Å². The summed E-state index contributed by atoms with van der Waals surface area (Å²) >= 11 is 0. The molecule has 0 fully saturated rings. The fourth-order valence-electron chi connectivity index (χ4n) is 2.09. The number of hydrogen-bond donors (Lipinski definition) is 1. The lowest BCUT2D eigenvalue weighted by Gasteiger charge is -2.11. The first-order valence-electron chi connectivity index (χ1n) is 5.81. The number of rotatable bonds is 2. The Bertz CT molecular complexity index is 632. The second-order valence-corrected chi connectivity index (χ2v) is 4.47. The largest absolute Gasteiger partial charge is 0.384 e. The predicted molar refractivity (Wildman–Crippen MR) is 71.1 cm³/mol. The fourth-order valence-corrected chi connectivity index (χ4v) is 2.09. The minimum absolute atomic E-state index is 0.545. The van der Waals surface area contributed by atoms with Crippen molar-refractivity contribution in [2.24, 2.45) is 0 Å². The highest BCUT2D eigenvalue weighted by Crippen LogP contribution is 2.24. The monoisotopic (exact) mass is 240 g/mol. The molecule has 2 N–H and O–H groups in total. The van der Waals surface area contributed by atoms with Crippen molar-refractivity contribution in [3.63, 3.8) is 0 Å². The van der Waals surface area contributed by atoms with E-state index in [1.165, 1.54) is 5.56 Å². The van der Waals surface area contributed by atoms with Crippen LogP contribution < -0.4 is 5.73 Å². The molecule has 0 bridgehead atoms. The number of nitrogen functional groups attached to an aromatic ring is 1. The summed E-state index contributed by atoms with van der Waals surface area (Å²) in [5, 5.41) is 9.10. The number of hydrogen-bond acceptors (Lipinski definition) is 3. The standard InChI is InChI=1S/C14H16N4/c1-9-7-17-5-4-12(9)8-18-11(3)10(2)13(6-15)14(18)16/h4-5,7H,8,16H2,1-3H3. The van der Waals surface area contributed by atoms with Gasteiger partial charge in [-0.1, -0.05) is 0 Å². The predicted octanol–water partition coefficient (Wildman–Crippen LogP) is 2.31. The molecule has 0 aliphatic heterocycles. The van der Waals surface area contributed by atoms with Gasteiger partial charge in [-0.2, -0.15) is 5.26 Å². The van der Waals surface area contributed by atoms with Gasteiger partial charge < -0.3 is 10.3 Å². The van der Waals surface area contributed by atoms with Crippen LogP contribution >= 0.6 is 0 Å². The molecule has 18 heavy (non-hydrogen) atoms. The minimum atomic E-state index is 0.545. The molecule has 0 amide bonds. The molecule has 4 nitrogen and oxygen atoms in total. The van der Waals surface area contributed by atoms with E-state index in [1.807, 2.05) is 37.6 Å². The zero-order chi connectivity index (χ0) is 13.3. The molecular formula is C14H16N4. The molecule has 0 aliphatic carbocycles. The first-order valence-corrected chi connectivity index (χ1v) is 5.81. The first-order chi connectivity index (χ1) is 8.56. The molecule has 2 heterocycles. The molecule has 0 spiro atoms. The van der Waals surface area contributed by atoms with Crippen molar-refractivity contribution in [2.45, 2.75) is 27.3 Å². The van der Waals surface area contributed by atoms with Gasteiger partial charge in [-0.3, -0.25) is 4.98 Å². The van der Waals surface area contributed by atoms with E-state index in [9.17, 15) is 0 Å². The van der Waals surface area contributed by atoms with E-state index >= 15 is 0 Å². The average molecular weight is 240 g/mol.